The molecule has 2 aromatic heterocycles. The van der Waals surface area contributed by atoms with Crippen molar-refractivity contribution >= 4 is 22.7 Å². The topological polar surface area (TPSA) is 38.3 Å². The summed E-state index contributed by atoms with van der Waals surface area (Å²) < 4.78 is 6.08. The minimum absolute atomic E-state index is 0.312. The zero-order chi connectivity index (χ0) is 12.7. The van der Waals surface area contributed by atoms with Crippen LogP contribution in [0.25, 0.3) is 9.88 Å². The number of piperidine rings is 3. The van der Waals surface area contributed by atoms with E-state index in [9.17, 15) is 0 Å². The molecule has 3 aliphatic heterocycles. The Kier molecular flexibility index (Phi) is 3.01. The summed E-state index contributed by atoms with van der Waals surface area (Å²) >= 11 is 3.25. The Morgan fingerprint density at radius 2 is 2.16 bits per heavy atom. The molecule has 4 nitrogen and oxygen atoms in total. The SMILES string of the molecule is c1csc(-c2nnc(OC3CN4CCC3CC4)s2)c1. The molecule has 1 atom stereocenters. The molecule has 5 heterocycles. The lowest BCUT2D eigenvalue weighted by Gasteiger charge is -2.43. The van der Waals surface area contributed by atoms with Crippen LogP contribution in [0.5, 0.6) is 5.19 Å². The van der Waals surface area contributed by atoms with Gasteiger partial charge in [-0.05, 0) is 43.3 Å². The number of hydrogen-bond acceptors (Lipinski definition) is 6. The first-order valence-electron chi connectivity index (χ1n) is 6.65. The van der Waals surface area contributed by atoms with Gasteiger partial charge in [-0.25, -0.2) is 0 Å². The Hall–Kier alpha value is -0.980. The molecule has 19 heavy (non-hydrogen) atoms. The number of thiophene rings is 1. The van der Waals surface area contributed by atoms with Gasteiger partial charge in [0, 0.05) is 6.54 Å². The zero-order valence-electron chi connectivity index (χ0n) is 10.5. The summed E-state index contributed by atoms with van der Waals surface area (Å²) in [5.74, 6) is 0.707. The fourth-order valence-corrected chi connectivity index (χ4v) is 4.47. The van der Waals surface area contributed by atoms with E-state index in [2.05, 4.69) is 26.5 Å². The van der Waals surface area contributed by atoms with E-state index < -0.39 is 0 Å². The van der Waals surface area contributed by atoms with Crippen molar-refractivity contribution in [2.75, 3.05) is 19.6 Å². The average molecular weight is 293 g/mol. The van der Waals surface area contributed by atoms with Gasteiger partial charge in [0.15, 0.2) is 5.01 Å². The van der Waals surface area contributed by atoms with Crippen LogP contribution in [0.2, 0.25) is 0 Å². The summed E-state index contributed by atoms with van der Waals surface area (Å²) in [6.45, 7) is 3.53. The summed E-state index contributed by atoms with van der Waals surface area (Å²) in [6, 6.07) is 4.11. The molecule has 0 N–H and O–H groups in total. The van der Waals surface area contributed by atoms with Crippen molar-refractivity contribution in [2.24, 2.45) is 5.92 Å². The lowest BCUT2D eigenvalue weighted by atomic mass is 9.86. The van der Waals surface area contributed by atoms with E-state index in [0.717, 1.165) is 16.7 Å². The van der Waals surface area contributed by atoms with Gasteiger partial charge < -0.3 is 4.74 Å². The molecule has 3 saturated heterocycles. The average Bonchev–Trinajstić information content (AvgIpc) is 3.10. The van der Waals surface area contributed by atoms with Crippen molar-refractivity contribution in [1.82, 2.24) is 15.1 Å². The molecule has 6 heteroatoms. The van der Waals surface area contributed by atoms with Gasteiger partial charge in [0.05, 0.1) is 4.88 Å². The Morgan fingerprint density at radius 3 is 2.84 bits per heavy atom. The van der Waals surface area contributed by atoms with Crippen molar-refractivity contribution < 1.29 is 4.74 Å². The smallest absolute Gasteiger partial charge is 0.294 e. The molecule has 2 aromatic rings. The van der Waals surface area contributed by atoms with Crippen molar-refractivity contribution in [1.29, 1.82) is 0 Å². The molecule has 0 radical (unpaired) electrons. The highest BCUT2D eigenvalue weighted by Crippen LogP contribution is 2.34. The van der Waals surface area contributed by atoms with E-state index in [0.29, 0.717) is 12.0 Å². The number of fused-ring (bicyclic) bond motifs is 3. The molecule has 0 aliphatic carbocycles. The summed E-state index contributed by atoms with van der Waals surface area (Å²) in [7, 11) is 0. The van der Waals surface area contributed by atoms with Crippen LogP contribution in [-0.2, 0) is 0 Å². The monoisotopic (exact) mass is 293 g/mol. The first-order valence-corrected chi connectivity index (χ1v) is 8.34. The van der Waals surface area contributed by atoms with Crippen molar-refractivity contribution in [2.45, 2.75) is 18.9 Å². The third kappa shape index (κ3) is 2.28. The molecular weight excluding hydrogens is 278 g/mol. The highest BCUT2D eigenvalue weighted by atomic mass is 32.1. The highest BCUT2D eigenvalue weighted by Gasteiger charge is 2.36. The van der Waals surface area contributed by atoms with E-state index in [-0.39, 0.29) is 0 Å². The molecule has 1 unspecified atom stereocenters. The summed E-state index contributed by atoms with van der Waals surface area (Å²) in [5, 5.41) is 12.2. The molecule has 2 bridgehead atoms. The van der Waals surface area contributed by atoms with Gasteiger partial charge in [0.25, 0.3) is 5.19 Å². The number of aromatic nitrogens is 2. The zero-order valence-corrected chi connectivity index (χ0v) is 12.1. The first-order chi connectivity index (χ1) is 9.38. The second kappa shape index (κ2) is 4.85. The molecule has 0 aromatic carbocycles. The van der Waals surface area contributed by atoms with Crippen LogP contribution in [0, 0.1) is 5.92 Å². The molecule has 0 spiro atoms. The molecule has 0 saturated carbocycles. The maximum absolute atomic E-state index is 6.08. The quantitative estimate of drug-likeness (QED) is 0.872. The number of hydrogen-bond donors (Lipinski definition) is 0. The number of rotatable bonds is 3. The lowest BCUT2D eigenvalue weighted by Crippen LogP contribution is -2.52. The van der Waals surface area contributed by atoms with Crippen LogP contribution in [0.3, 0.4) is 0 Å². The van der Waals surface area contributed by atoms with E-state index in [1.54, 1.807) is 22.7 Å². The third-order valence-electron chi connectivity index (χ3n) is 3.99. The van der Waals surface area contributed by atoms with Gasteiger partial charge in [-0.2, -0.15) is 0 Å². The van der Waals surface area contributed by atoms with Crippen molar-refractivity contribution in [3.8, 4) is 15.1 Å². The second-order valence-electron chi connectivity index (χ2n) is 5.14. The van der Waals surface area contributed by atoms with Gasteiger partial charge in [-0.3, -0.25) is 4.90 Å². The first kappa shape index (κ1) is 11.8. The second-order valence-corrected chi connectivity index (χ2v) is 7.03. The normalized spacial score (nSPS) is 29.6. The van der Waals surface area contributed by atoms with Crippen LogP contribution in [0.15, 0.2) is 17.5 Å². The standard InChI is InChI=1S/C13H15N3OS2/c1-2-11(18-7-1)12-14-15-13(19-12)17-10-8-16-5-3-9(10)4-6-16/h1-2,7,9-10H,3-6,8H2. The minimum Gasteiger partial charge on any atom is -0.464 e. The lowest BCUT2D eigenvalue weighted by molar-refractivity contribution is -0.00816. The van der Waals surface area contributed by atoms with Gasteiger partial charge >= 0.3 is 0 Å². The van der Waals surface area contributed by atoms with Crippen LogP contribution < -0.4 is 4.74 Å². The molecular formula is C13H15N3OS2. The Labute approximate surface area is 120 Å². The van der Waals surface area contributed by atoms with Crippen LogP contribution in [0.1, 0.15) is 12.8 Å². The van der Waals surface area contributed by atoms with Crippen LogP contribution in [-0.4, -0.2) is 40.8 Å². The summed E-state index contributed by atoms with van der Waals surface area (Å²) in [4.78, 5) is 3.66. The van der Waals surface area contributed by atoms with Gasteiger partial charge in [-0.1, -0.05) is 22.5 Å². The maximum atomic E-state index is 6.08. The summed E-state index contributed by atoms with van der Waals surface area (Å²) in [6.07, 6.45) is 2.84. The maximum Gasteiger partial charge on any atom is 0.294 e. The van der Waals surface area contributed by atoms with Crippen LogP contribution >= 0.6 is 22.7 Å². The molecule has 3 aliphatic rings. The van der Waals surface area contributed by atoms with E-state index in [4.69, 9.17) is 4.74 Å². The molecule has 0 amide bonds. The molecule has 100 valence electrons. The highest BCUT2D eigenvalue weighted by molar-refractivity contribution is 7.21. The third-order valence-corrected chi connectivity index (χ3v) is 5.84. The fraction of sp³-hybridized carbons (Fsp3) is 0.538. The number of ether oxygens (including phenoxy) is 1. The number of nitrogens with zero attached hydrogens (tertiary/aromatic N) is 3. The predicted molar refractivity (Wildman–Crippen MR) is 76.8 cm³/mol. The van der Waals surface area contributed by atoms with Crippen molar-refractivity contribution in [3.63, 3.8) is 0 Å². The molecule has 5 rings (SSSR count). The Bertz CT molecular complexity index is 546. The predicted octanol–water partition coefficient (Wildman–Crippen LogP) is 2.74. The van der Waals surface area contributed by atoms with Crippen LogP contribution in [0.4, 0.5) is 0 Å². The summed E-state index contributed by atoms with van der Waals surface area (Å²) in [5.41, 5.74) is 0. The Balaban J connectivity index is 1.48. The molecule has 3 fully saturated rings. The van der Waals surface area contributed by atoms with Gasteiger partial charge in [0.2, 0.25) is 0 Å². The van der Waals surface area contributed by atoms with Gasteiger partial charge in [0.1, 0.15) is 6.10 Å². The largest absolute Gasteiger partial charge is 0.464 e. The fourth-order valence-electron chi connectivity index (χ4n) is 2.93. The van der Waals surface area contributed by atoms with E-state index >= 15 is 0 Å². The van der Waals surface area contributed by atoms with Crippen molar-refractivity contribution in [3.05, 3.63) is 17.5 Å². The van der Waals surface area contributed by atoms with Gasteiger partial charge in [-0.15, -0.1) is 16.4 Å². The minimum atomic E-state index is 0.312. The Morgan fingerprint density at radius 1 is 1.26 bits per heavy atom. The van der Waals surface area contributed by atoms with E-state index in [1.807, 2.05) is 6.07 Å². The van der Waals surface area contributed by atoms with E-state index in [1.165, 1.54) is 30.8 Å².